The molecule has 3 rings (SSSR count). The molecule has 0 saturated heterocycles. The summed E-state index contributed by atoms with van der Waals surface area (Å²) in [5, 5.41) is 3.62. The van der Waals surface area contributed by atoms with E-state index in [0.29, 0.717) is 18.0 Å². The molecule has 3 aromatic rings. The average Bonchev–Trinajstić information content (AvgIpc) is 2.94. The van der Waals surface area contributed by atoms with Gasteiger partial charge in [-0.2, -0.15) is 0 Å². The van der Waals surface area contributed by atoms with E-state index in [2.05, 4.69) is 10.3 Å². The molecule has 5 nitrogen and oxygen atoms in total. The number of carbonyl (C=O) groups is 1. The van der Waals surface area contributed by atoms with Crippen molar-refractivity contribution in [2.24, 2.45) is 0 Å². The van der Waals surface area contributed by atoms with Crippen molar-refractivity contribution in [1.82, 2.24) is 10.3 Å². The zero-order chi connectivity index (χ0) is 18.7. The van der Waals surface area contributed by atoms with E-state index >= 15 is 0 Å². The Bertz CT molecular complexity index is 950. The summed E-state index contributed by atoms with van der Waals surface area (Å²) in [5.74, 6) is 0.741. The van der Waals surface area contributed by atoms with Crippen molar-refractivity contribution in [3.63, 3.8) is 0 Å². The highest BCUT2D eigenvalue weighted by molar-refractivity contribution is 5.90. The first kappa shape index (κ1) is 17.8. The molecule has 6 heteroatoms. The fourth-order valence-electron chi connectivity index (χ4n) is 3.09. The van der Waals surface area contributed by atoms with E-state index in [1.807, 2.05) is 19.1 Å². The number of H-pyrrole nitrogens is 1. The van der Waals surface area contributed by atoms with E-state index in [-0.39, 0.29) is 18.1 Å². The van der Waals surface area contributed by atoms with Crippen molar-refractivity contribution >= 4 is 16.8 Å². The van der Waals surface area contributed by atoms with Gasteiger partial charge >= 0.3 is 0 Å². The van der Waals surface area contributed by atoms with Gasteiger partial charge in [-0.25, -0.2) is 4.39 Å². The molecule has 0 aliphatic carbocycles. The second kappa shape index (κ2) is 7.47. The van der Waals surface area contributed by atoms with Crippen LogP contribution in [0, 0.1) is 12.7 Å². The Kier molecular flexibility index (Phi) is 5.11. The average molecular weight is 356 g/mol. The quantitative estimate of drug-likeness (QED) is 0.711. The molecular formula is C20H21FN2O3. The number of halogens is 1. The molecule has 0 aliphatic rings. The van der Waals surface area contributed by atoms with Crippen LogP contribution in [-0.2, 0) is 17.8 Å². The van der Waals surface area contributed by atoms with Crippen LogP contribution in [0.15, 0.2) is 36.4 Å². The lowest BCUT2D eigenvalue weighted by atomic mass is 10.1. The lowest BCUT2D eigenvalue weighted by Gasteiger charge is -2.13. The van der Waals surface area contributed by atoms with Crippen LogP contribution in [0.5, 0.6) is 11.5 Å². The monoisotopic (exact) mass is 356 g/mol. The third kappa shape index (κ3) is 3.49. The molecule has 1 aromatic heterocycles. The highest BCUT2D eigenvalue weighted by Gasteiger charge is 2.15. The van der Waals surface area contributed by atoms with Gasteiger partial charge in [0.15, 0.2) is 11.5 Å². The predicted molar refractivity (Wildman–Crippen MR) is 98.1 cm³/mol. The van der Waals surface area contributed by atoms with Crippen LogP contribution in [0.4, 0.5) is 4.39 Å². The highest BCUT2D eigenvalue weighted by Crippen LogP contribution is 2.30. The molecule has 0 bridgehead atoms. The number of nitrogens with one attached hydrogen (secondary N) is 2. The van der Waals surface area contributed by atoms with Crippen LogP contribution in [0.1, 0.15) is 16.8 Å². The number of hydrogen-bond donors (Lipinski definition) is 2. The van der Waals surface area contributed by atoms with E-state index in [9.17, 15) is 9.18 Å². The van der Waals surface area contributed by atoms with Crippen molar-refractivity contribution in [2.45, 2.75) is 19.9 Å². The Labute approximate surface area is 151 Å². The molecule has 0 saturated carbocycles. The standard InChI is InChI=1S/C20H21FN2O3/c1-12-15(16-9-14(21)7-8-17(16)23-12)10-19(24)22-11-13-5-4-6-18(25-2)20(13)26-3/h4-9,23H,10-11H2,1-3H3,(H,22,24). The minimum absolute atomic E-state index is 0.150. The van der Waals surface area contributed by atoms with Crippen molar-refractivity contribution in [3.05, 3.63) is 59.0 Å². The smallest absolute Gasteiger partial charge is 0.224 e. The van der Waals surface area contributed by atoms with Crippen molar-refractivity contribution < 1.29 is 18.7 Å². The molecule has 0 radical (unpaired) electrons. The predicted octanol–water partition coefficient (Wildman–Crippen LogP) is 3.49. The second-order valence-corrected chi connectivity index (χ2v) is 6.02. The fourth-order valence-corrected chi connectivity index (χ4v) is 3.09. The van der Waals surface area contributed by atoms with Crippen LogP contribution in [0.2, 0.25) is 0 Å². The second-order valence-electron chi connectivity index (χ2n) is 6.02. The van der Waals surface area contributed by atoms with Gasteiger partial charge in [-0.05, 0) is 36.8 Å². The van der Waals surface area contributed by atoms with Gasteiger partial charge in [0.1, 0.15) is 5.82 Å². The van der Waals surface area contributed by atoms with Crippen molar-refractivity contribution in [1.29, 1.82) is 0 Å². The van der Waals surface area contributed by atoms with Gasteiger partial charge in [0, 0.05) is 28.7 Å². The Morgan fingerprint density at radius 1 is 1.19 bits per heavy atom. The number of hydrogen-bond acceptors (Lipinski definition) is 3. The van der Waals surface area contributed by atoms with E-state index < -0.39 is 0 Å². The number of rotatable bonds is 6. The Morgan fingerprint density at radius 3 is 2.73 bits per heavy atom. The van der Waals surface area contributed by atoms with Gasteiger partial charge in [-0.15, -0.1) is 0 Å². The maximum atomic E-state index is 13.5. The van der Waals surface area contributed by atoms with E-state index in [1.165, 1.54) is 12.1 Å². The summed E-state index contributed by atoms with van der Waals surface area (Å²) in [6, 6.07) is 10.0. The highest BCUT2D eigenvalue weighted by atomic mass is 19.1. The van der Waals surface area contributed by atoms with Crippen LogP contribution in [0.3, 0.4) is 0 Å². The third-order valence-electron chi connectivity index (χ3n) is 4.38. The van der Waals surface area contributed by atoms with Crippen molar-refractivity contribution in [3.8, 4) is 11.5 Å². The fraction of sp³-hybridized carbons (Fsp3) is 0.250. The number of ether oxygens (including phenoxy) is 2. The van der Waals surface area contributed by atoms with Crippen LogP contribution < -0.4 is 14.8 Å². The van der Waals surface area contributed by atoms with Crippen molar-refractivity contribution in [2.75, 3.05) is 14.2 Å². The van der Waals surface area contributed by atoms with E-state index in [1.54, 1.807) is 26.4 Å². The number of aromatic amines is 1. The summed E-state index contributed by atoms with van der Waals surface area (Å²) < 4.78 is 24.2. The summed E-state index contributed by atoms with van der Waals surface area (Å²) in [4.78, 5) is 15.6. The first-order valence-electron chi connectivity index (χ1n) is 8.26. The molecule has 2 aromatic carbocycles. The minimum atomic E-state index is -0.320. The Balaban J connectivity index is 1.75. The topological polar surface area (TPSA) is 63.3 Å². The molecule has 2 N–H and O–H groups in total. The van der Waals surface area contributed by atoms with E-state index in [4.69, 9.17) is 9.47 Å². The number of aryl methyl sites for hydroxylation is 1. The summed E-state index contributed by atoms with van der Waals surface area (Å²) in [5.41, 5.74) is 3.30. The summed E-state index contributed by atoms with van der Waals surface area (Å²) in [6.45, 7) is 2.20. The SMILES string of the molecule is COc1cccc(CNC(=O)Cc2c(C)[nH]c3ccc(F)cc23)c1OC. The largest absolute Gasteiger partial charge is 0.493 e. The number of fused-ring (bicyclic) bond motifs is 1. The lowest BCUT2D eigenvalue weighted by Crippen LogP contribution is -2.25. The maximum Gasteiger partial charge on any atom is 0.224 e. The molecule has 136 valence electrons. The zero-order valence-corrected chi connectivity index (χ0v) is 15.0. The first-order valence-corrected chi connectivity index (χ1v) is 8.26. The summed E-state index contributed by atoms with van der Waals surface area (Å²) >= 11 is 0. The molecule has 0 fully saturated rings. The molecule has 0 atom stereocenters. The van der Waals surface area contributed by atoms with Gasteiger partial charge in [0.25, 0.3) is 0 Å². The van der Waals surface area contributed by atoms with E-state index in [0.717, 1.165) is 27.7 Å². The molecule has 0 aliphatic heterocycles. The van der Waals surface area contributed by atoms with Crippen LogP contribution in [-0.4, -0.2) is 25.1 Å². The summed E-state index contributed by atoms with van der Waals surface area (Å²) in [7, 11) is 3.13. The maximum absolute atomic E-state index is 13.5. The number of amides is 1. The molecule has 26 heavy (non-hydrogen) atoms. The number of benzene rings is 2. The van der Waals surface area contributed by atoms with Crippen LogP contribution in [0.25, 0.3) is 10.9 Å². The van der Waals surface area contributed by atoms with Gasteiger partial charge in [-0.1, -0.05) is 12.1 Å². The molecular weight excluding hydrogens is 335 g/mol. The number of carbonyl (C=O) groups excluding carboxylic acids is 1. The minimum Gasteiger partial charge on any atom is -0.493 e. The van der Waals surface area contributed by atoms with Gasteiger partial charge in [0.2, 0.25) is 5.91 Å². The third-order valence-corrected chi connectivity index (χ3v) is 4.38. The number of methoxy groups -OCH3 is 2. The first-order chi connectivity index (χ1) is 12.5. The normalized spacial score (nSPS) is 10.8. The Morgan fingerprint density at radius 2 is 2.00 bits per heavy atom. The Hall–Kier alpha value is -3.02. The van der Waals surface area contributed by atoms with Gasteiger partial charge < -0.3 is 19.8 Å². The molecule has 1 amide bonds. The zero-order valence-electron chi connectivity index (χ0n) is 15.0. The van der Waals surface area contributed by atoms with Gasteiger partial charge in [-0.3, -0.25) is 4.79 Å². The number of para-hydroxylation sites is 1. The van der Waals surface area contributed by atoms with Crippen LogP contribution >= 0.6 is 0 Å². The lowest BCUT2D eigenvalue weighted by molar-refractivity contribution is -0.120. The number of aromatic nitrogens is 1. The molecule has 1 heterocycles. The molecule has 0 spiro atoms. The molecule has 0 unspecified atom stereocenters. The summed E-state index contributed by atoms with van der Waals surface area (Å²) in [6.07, 6.45) is 0.168. The van der Waals surface area contributed by atoms with Gasteiger partial charge in [0.05, 0.1) is 20.6 Å².